The summed E-state index contributed by atoms with van der Waals surface area (Å²) >= 11 is 1.28. The number of piperidine rings is 1. The lowest BCUT2D eigenvalue weighted by molar-refractivity contribution is -0.128. The van der Waals surface area contributed by atoms with Crippen LogP contribution in [0.15, 0.2) is 16.3 Å². The number of nitrogens with zero attached hydrogens (tertiary/aromatic N) is 1. The Labute approximate surface area is 167 Å². The minimum Gasteiger partial charge on any atom is -0.355 e. The van der Waals surface area contributed by atoms with Gasteiger partial charge in [0.2, 0.25) is 15.9 Å². The van der Waals surface area contributed by atoms with Crippen molar-refractivity contribution >= 4 is 27.3 Å². The number of amides is 1. The first kappa shape index (κ1) is 22.3. The van der Waals surface area contributed by atoms with Crippen molar-refractivity contribution < 1.29 is 13.2 Å². The molecule has 0 aromatic carbocycles. The Morgan fingerprint density at radius 3 is 2.74 bits per heavy atom. The van der Waals surface area contributed by atoms with Crippen LogP contribution in [0.5, 0.6) is 0 Å². The summed E-state index contributed by atoms with van der Waals surface area (Å²) in [4.78, 5) is 15.2. The second-order valence-corrected chi connectivity index (χ2v) is 11.4. The van der Waals surface area contributed by atoms with E-state index in [4.69, 9.17) is 0 Å². The molecule has 1 saturated heterocycles. The van der Waals surface area contributed by atoms with Gasteiger partial charge in [0.1, 0.15) is 4.21 Å². The summed E-state index contributed by atoms with van der Waals surface area (Å²) in [6.07, 6.45) is 2.84. The highest BCUT2D eigenvalue weighted by Gasteiger charge is 2.23. The van der Waals surface area contributed by atoms with Gasteiger partial charge in [-0.3, -0.25) is 4.79 Å². The van der Waals surface area contributed by atoms with Crippen LogP contribution < -0.4 is 10.0 Å². The van der Waals surface area contributed by atoms with Gasteiger partial charge in [-0.2, -0.15) is 0 Å². The quantitative estimate of drug-likeness (QED) is 0.684. The van der Waals surface area contributed by atoms with Crippen molar-refractivity contribution in [2.24, 2.45) is 11.3 Å². The Hall–Kier alpha value is -0.960. The van der Waals surface area contributed by atoms with Crippen LogP contribution in [-0.2, 0) is 21.2 Å². The van der Waals surface area contributed by atoms with Gasteiger partial charge in [-0.25, -0.2) is 13.1 Å². The molecule has 1 aliphatic heterocycles. The largest absolute Gasteiger partial charge is 0.355 e. The lowest BCUT2D eigenvalue weighted by Gasteiger charge is -2.31. The molecular formula is C19H33N3O3S2. The van der Waals surface area contributed by atoms with Crippen LogP contribution in [0.3, 0.4) is 0 Å². The fraction of sp³-hybridized carbons (Fsp3) is 0.737. The van der Waals surface area contributed by atoms with Crippen LogP contribution in [0.2, 0.25) is 0 Å². The zero-order chi connectivity index (χ0) is 20.1. The van der Waals surface area contributed by atoms with Crippen molar-refractivity contribution in [1.82, 2.24) is 14.9 Å². The molecule has 1 amide bonds. The molecule has 0 spiro atoms. The van der Waals surface area contributed by atoms with Crippen LogP contribution in [0.4, 0.5) is 0 Å². The van der Waals surface area contributed by atoms with Gasteiger partial charge in [0.15, 0.2) is 0 Å². The second kappa shape index (κ2) is 9.49. The molecule has 1 unspecified atom stereocenters. The molecule has 0 radical (unpaired) electrons. The number of carbonyl (C=O) groups excluding carboxylic acids is 1. The maximum Gasteiger partial charge on any atom is 0.250 e. The molecule has 1 aromatic rings. The number of hydrogen-bond donors (Lipinski definition) is 2. The summed E-state index contributed by atoms with van der Waals surface area (Å²) in [5, 5.41) is 2.89. The molecule has 154 valence electrons. The third-order valence-corrected chi connectivity index (χ3v) is 7.91. The first-order chi connectivity index (χ1) is 12.6. The molecule has 2 rings (SSSR count). The summed E-state index contributed by atoms with van der Waals surface area (Å²) in [7, 11) is -3.46. The predicted molar refractivity (Wildman–Crippen MR) is 111 cm³/mol. The highest BCUT2D eigenvalue weighted by Crippen LogP contribution is 2.23. The first-order valence-electron chi connectivity index (χ1n) is 9.71. The highest BCUT2D eigenvalue weighted by atomic mass is 32.2. The molecule has 0 aliphatic carbocycles. The van der Waals surface area contributed by atoms with Crippen molar-refractivity contribution in [2.75, 3.05) is 32.7 Å². The molecule has 2 heterocycles. The van der Waals surface area contributed by atoms with Crippen molar-refractivity contribution in [3.8, 4) is 0 Å². The lowest BCUT2D eigenvalue weighted by atomic mass is 9.96. The van der Waals surface area contributed by atoms with E-state index in [1.165, 1.54) is 11.3 Å². The molecule has 0 bridgehead atoms. The van der Waals surface area contributed by atoms with Gasteiger partial charge in [-0.1, -0.05) is 27.7 Å². The van der Waals surface area contributed by atoms with Crippen LogP contribution >= 0.6 is 11.3 Å². The number of sulfonamides is 1. The molecule has 1 aliphatic rings. The number of rotatable bonds is 8. The average molecular weight is 416 g/mol. The summed E-state index contributed by atoms with van der Waals surface area (Å²) in [6, 6.07) is 3.50. The van der Waals surface area contributed by atoms with Gasteiger partial charge in [0, 0.05) is 29.9 Å². The SMILES string of the molecule is CCN1CCCC(CNS(=O)(=O)c2ccc(CCNC(=O)C(C)(C)C)s2)C1. The normalized spacial score (nSPS) is 19.2. The summed E-state index contributed by atoms with van der Waals surface area (Å²) < 4.78 is 28.3. The highest BCUT2D eigenvalue weighted by molar-refractivity contribution is 7.91. The standard InChI is InChI=1S/C19H33N3O3S2/c1-5-22-12-6-7-15(14-22)13-21-27(24,25)17-9-8-16(26-17)10-11-20-18(23)19(2,3)4/h8-9,15,21H,5-7,10-14H2,1-4H3,(H,20,23). The number of likely N-dealkylation sites (tertiary alicyclic amines) is 1. The third-order valence-electron chi connectivity index (χ3n) is 4.85. The Kier molecular flexibility index (Phi) is 7.85. The molecular weight excluding hydrogens is 382 g/mol. The monoisotopic (exact) mass is 415 g/mol. The minimum absolute atomic E-state index is 0.00201. The second-order valence-electron chi connectivity index (χ2n) is 8.23. The van der Waals surface area contributed by atoms with Gasteiger partial charge in [-0.15, -0.1) is 11.3 Å². The first-order valence-corrected chi connectivity index (χ1v) is 12.0. The predicted octanol–water partition coefficient (Wildman–Crippen LogP) is 2.46. The van der Waals surface area contributed by atoms with Gasteiger partial charge in [0.25, 0.3) is 0 Å². The number of hydrogen-bond acceptors (Lipinski definition) is 5. The van der Waals surface area contributed by atoms with Crippen molar-refractivity contribution in [3.63, 3.8) is 0 Å². The van der Waals surface area contributed by atoms with Crippen LogP contribution in [0.1, 0.15) is 45.4 Å². The zero-order valence-corrected chi connectivity index (χ0v) is 18.5. The lowest BCUT2D eigenvalue weighted by Crippen LogP contribution is -2.40. The van der Waals surface area contributed by atoms with Gasteiger partial charge in [-0.05, 0) is 50.4 Å². The summed E-state index contributed by atoms with van der Waals surface area (Å²) in [5.74, 6) is 0.377. The molecule has 1 atom stereocenters. The molecule has 1 aromatic heterocycles. The molecule has 6 nitrogen and oxygen atoms in total. The van der Waals surface area contributed by atoms with Crippen LogP contribution in [0, 0.1) is 11.3 Å². The molecule has 0 saturated carbocycles. The molecule has 2 N–H and O–H groups in total. The van der Waals surface area contributed by atoms with E-state index < -0.39 is 15.4 Å². The van der Waals surface area contributed by atoms with E-state index in [9.17, 15) is 13.2 Å². The van der Waals surface area contributed by atoms with Gasteiger partial charge in [0.05, 0.1) is 0 Å². The van der Waals surface area contributed by atoms with E-state index in [0.29, 0.717) is 29.6 Å². The molecule has 27 heavy (non-hydrogen) atoms. The maximum atomic E-state index is 12.6. The molecule has 8 heteroatoms. The molecule has 1 fully saturated rings. The van der Waals surface area contributed by atoms with Crippen LogP contribution in [0.25, 0.3) is 0 Å². The Morgan fingerprint density at radius 1 is 1.33 bits per heavy atom. The average Bonchev–Trinajstić information content (AvgIpc) is 3.09. The minimum atomic E-state index is -3.46. The Bertz CT molecular complexity index is 723. The number of nitrogens with one attached hydrogen (secondary N) is 2. The fourth-order valence-electron chi connectivity index (χ4n) is 3.11. The van der Waals surface area contributed by atoms with E-state index in [-0.39, 0.29) is 5.91 Å². The van der Waals surface area contributed by atoms with Gasteiger partial charge >= 0.3 is 0 Å². The van der Waals surface area contributed by atoms with Crippen molar-refractivity contribution in [1.29, 1.82) is 0 Å². The van der Waals surface area contributed by atoms with Crippen LogP contribution in [-0.4, -0.2) is 51.9 Å². The van der Waals surface area contributed by atoms with E-state index in [1.807, 2.05) is 26.8 Å². The maximum absolute atomic E-state index is 12.6. The van der Waals surface area contributed by atoms with E-state index in [0.717, 1.165) is 37.4 Å². The van der Waals surface area contributed by atoms with Gasteiger partial charge < -0.3 is 10.2 Å². The van der Waals surface area contributed by atoms with Crippen molar-refractivity contribution in [2.45, 2.75) is 51.2 Å². The van der Waals surface area contributed by atoms with E-state index >= 15 is 0 Å². The number of thiophene rings is 1. The smallest absolute Gasteiger partial charge is 0.250 e. The summed E-state index contributed by atoms with van der Waals surface area (Å²) in [6.45, 7) is 11.8. The topological polar surface area (TPSA) is 78.5 Å². The van der Waals surface area contributed by atoms with Crippen molar-refractivity contribution in [3.05, 3.63) is 17.0 Å². The summed E-state index contributed by atoms with van der Waals surface area (Å²) in [5.41, 5.74) is -0.416. The number of carbonyl (C=O) groups is 1. The zero-order valence-electron chi connectivity index (χ0n) is 16.9. The van der Waals surface area contributed by atoms with E-state index in [2.05, 4.69) is 21.9 Å². The fourth-order valence-corrected chi connectivity index (χ4v) is 5.62. The Morgan fingerprint density at radius 2 is 2.07 bits per heavy atom. The Balaban J connectivity index is 1.84. The van der Waals surface area contributed by atoms with E-state index in [1.54, 1.807) is 6.07 Å². The third kappa shape index (κ3) is 6.85.